The lowest BCUT2D eigenvalue weighted by Crippen LogP contribution is -2.33. The van der Waals surface area contributed by atoms with Crippen molar-refractivity contribution in [3.63, 3.8) is 0 Å². The Labute approximate surface area is 153 Å². The third-order valence-electron chi connectivity index (χ3n) is 4.69. The van der Waals surface area contributed by atoms with Crippen LogP contribution in [0, 0.1) is 5.82 Å². The fraction of sp³-hybridized carbons (Fsp3) is 0.400. The Kier molecular flexibility index (Phi) is 6.43. The first-order chi connectivity index (χ1) is 12.1. The van der Waals surface area contributed by atoms with Crippen LogP contribution in [-0.4, -0.2) is 47.6 Å². The monoisotopic (exact) mass is 362 g/mol. The molecule has 3 rings (SSSR count). The van der Waals surface area contributed by atoms with Crippen LogP contribution in [0.5, 0.6) is 0 Å². The lowest BCUT2D eigenvalue weighted by Gasteiger charge is -2.24. The van der Waals surface area contributed by atoms with Gasteiger partial charge in [0.1, 0.15) is 5.82 Å². The predicted molar refractivity (Wildman–Crippen MR) is 99.1 cm³/mol. The molecule has 0 aromatic heterocycles. The van der Waals surface area contributed by atoms with Crippen LogP contribution >= 0.6 is 11.6 Å². The molecule has 0 aliphatic carbocycles. The first-order valence-corrected chi connectivity index (χ1v) is 9.10. The average Bonchev–Trinajstić information content (AvgIpc) is 2.83. The third-order valence-corrected chi connectivity index (χ3v) is 4.94. The van der Waals surface area contributed by atoms with Crippen LogP contribution in [0.2, 0.25) is 5.02 Å². The van der Waals surface area contributed by atoms with Crippen molar-refractivity contribution in [3.8, 4) is 0 Å². The summed E-state index contributed by atoms with van der Waals surface area (Å²) in [5, 5.41) is 11.2. The maximum atomic E-state index is 13.0. The highest BCUT2D eigenvalue weighted by atomic mass is 35.5. The molecule has 1 unspecified atom stereocenters. The van der Waals surface area contributed by atoms with Gasteiger partial charge in [-0.05, 0) is 54.9 Å². The minimum absolute atomic E-state index is 0.274. The van der Waals surface area contributed by atoms with Gasteiger partial charge < -0.3 is 5.11 Å². The van der Waals surface area contributed by atoms with E-state index >= 15 is 0 Å². The lowest BCUT2D eigenvalue weighted by molar-refractivity contribution is 0.114. The Morgan fingerprint density at radius 2 is 1.56 bits per heavy atom. The number of hydrogen-bond acceptors (Lipinski definition) is 3. The largest absolute Gasteiger partial charge is 0.387 e. The number of aliphatic hydroxyl groups excluding tert-OH is 1. The molecule has 1 aliphatic heterocycles. The molecule has 1 fully saturated rings. The van der Waals surface area contributed by atoms with E-state index in [0.717, 1.165) is 49.7 Å². The molecular weight excluding hydrogens is 339 g/mol. The van der Waals surface area contributed by atoms with E-state index in [1.807, 2.05) is 12.1 Å². The maximum Gasteiger partial charge on any atom is 0.123 e. The molecule has 1 atom stereocenters. The van der Waals surface area contributed by atoms with Gasteiger partial charge in [-0.1, -0.05) is 35.9 Å². The van der Waals surface area contributed by atoms with Crippen molar-refractivity contribution in [2.45, 2.75) is 19.1 Å². The standard InChI is InChI=1S/C20H24ClFN2O/c21-18-6-2-16(3-7-18)14-23-10-1-11-24(13-12-23)15-20(25)17-4-8-19(22)9-5-17/h2-9,20,25H,1,10-15H2. The Balaban J connectivity index is 1.51. The van der Waals surface area contributed by atoms with E-state index in [-0.39, 0.29) is 5.82 Å². The van der Waals surface area contributed by atoms with Crippen molar-refractivity contribution in [1.82, 2.24) is 9.80 Å². The number of aliphatic hydroxyl groups is 1. The fourth-order valence-corrected chi connectivity index (χ4v) is 3.37. The molecule has 0 spiro atoms. The highest BCUT2D eigenvalue weighted by Crippen LogP contribution is 2.17. The molecule has 0 bridgehead atoms. The van der Waals surface area contributed by atoms with E-state index < -0.39 is 6.10 Å². The molecule has 5 heteroatoms. The molecule has 2 aromatic carbocycles. The summed E-state index contributed by atoms with van der Waals surface area (Å²) in [4.78, 5) is 4.73. The normalized spacial score (nSPS) is 18.0. The summed E-state index contributed by atoms with van der Waals surface area (Å²) in [5.74, 6) is -0.274. The zero-order valence-electron chi connectivity index (χ0n) is 14.2. The number of nitrogens with zero attached hydrogens (tertiary/aromatic N) is 2. The van der Waals surface area contributed by atoms with E-state index in [1.165, 1.54) is 17.7 Å². The van der Waals surface area contributed by atoms with Crippen molar-refractivity contribution in [3.05, 3.63) is 70.5 Å². The topological polar surface area (TPSA) is 26.7 Å². The van der Waals surface area contributed by atoms with Crippen LogP contribution in [0.3, 0.4) is 0 Å². The zero-order valence-corrected chi connectivity index (χ0v) is 15.0. The number of benzene rings is 2. The molecule has 1 N–H and O–H groups in total. The van der Waals surface area contributed by atoms with Crippen LogP contribution in [0.25, 0.3) is 0 Å². The zero-order chi connectivity index (χ0) is 17.6. The van der Waals surface area contributed by atoms with Gasteiger partial charge in [0.05, 0.1) is 6.10 Å². The minimum Gasteiger partial charge on any atom is -0.387 e. The third kappa shape index (κ3) is 5.51. The van der Waals surface area contributed by atoms with E-state index in [0.29, 0.717) is 6.54 Å². The SMILES string of the molecule is OC(CN1CCCN(Cc2ccc(Cl)cc2)CC1)c1ccc(F)cc1. The quantitative estimate of drug-likeness (QED) is 0.878. The Morgan fingerprint density at radius 3 is 2.28 bits per heavy atom. The summed E-state index contributed by atoms with van der Waals surface area (Å²) < 4.78 is 13.0. The summed E-state index contributed by atoms with van der Waals surface area (Å²) in [6, 6.07) is 14.1. The second-order valence-corrected chi connectivity index (χ2v) is 7.06. The van der Waals surface area contributed by atoms with Gasteiger partial charge >= 0.3 is 0 Å². The summed E-state index contributed by atoms with van der Waals surface area (Å²) >= 11 is 5.94. The van der Waals surface area contributed by atoms with Crippen LogP contribution in [0.1, 0.15) is 23.7 Å². The van der Waals surface area contributed by atoms with Crippen LogP contribution < -0.4 is 0 Å². The minimum atomic E-state index is -0.580. The van der Waals surface area contributed by atoms with Crippen LogP contribution in [-0.2, 0) is 6.54 Å². The highest BCUT2D eigenvalue weighted by Gasteiger charge is 2.18. The molecule has 2 aromatic rings. The van der Waals surface area contributed by atoms with E-state index in [4.69, 9.17) is 11.6 Å². The number of β-amino-alcohol motifs (C(OH)–C–C–N with tert-alkyl or cyclic N) is 1. The second kappa shape index (κ2) is 8.77. The molecule has 0 amide bonds. The smallest absolute Gasteiger partial charge is 0.123 e. The number of hydrogen-bond donors (Lipinski definition) is 1. The summed E-state index contributed by atoms with van der Waals surface area (Å²) in [5.41, 5.74) is 2.04. The Hall–Kier alpha value is -1.46. The van der Waals surface area contributed by atoms with Crippen molar-refractivity contribution in [1.29, 1.82) is 0 Å². The number of halogens is 2. The van der Waals surface area contributed by atoms with Crippen molar-refractivity contribution >= 4 is 11.6 Å². The van der Waals surface area contributed by atoms with Gasteiger partial charge in [-0.2, -0.15) is 0 Å². The van der Waals surface area contributed by atoms with Gasteiger partial charge in [-0.25, -0.2) is 4.39 Å². The first-order valence-electron chi connectivity index (χ1n) is 8.73. The molecule has 1 saturated heterocycles. The molecule has 3 nitrogen and oxygen atoms in total. The van der Waals surface area contributed by atoms with Gasteiger partial charge in [0, 0.05) is 31.2 Å². The molecular formula is C20H24ClFN2O. The van der Waals surface area contributed by atoms with Gasteiger partial charge in [0.15, 0.2) is 0 Å². The van der Waals surface area contributed by atoms with E-state index in [2.05, 4.69) is 21.9 Å². The maximum absolute atomic E-state index is 13.0. The van der Waals surface area contributed by atoms with E-state index in [9.17, 15) is 9.50 Å². The van der Waals surface area contributed by atoms with Gasteiger partial charge in [-0.3, -0.25) is 9.80 Å². The van der Waals surface area contributed by atoms with Crippen LogP contribution in [0.15, 0.2) is 48.5 Å². The summed E-state index contributed by atoms with van der Waals surface area (Å²) in [7, 11) is 0. The molecule has 1 aliphatic rings. The van der Waals surface area contributed by atoms with Crippen molar-refractivity contribution in [2.24, 2.45) is 0 Å². The highest BCUT2D eigenvalue weighted by molar-refractivity contribution is 6.30. The molecule has 134 valence electrons. The second-order valence-electron chi connectivity index (χ2n) is 6.62. The Bertz CT molecular complexity index is 662. The molecule has 1 heterocycles. The Morgan fingerprint density at radius 1 is 0.920 bits per heavy atom. The summed E-state index contributed by atoms with van der Waals surface area (Å²) in [6.07, 6.45) is 0.493. The average molecular weight is 363 g/mol. The fourth-order valence-electron chi connectivity index (χ4n) is 3.25. The first kappa shape index (κ1) is 18.3. The van der Waals surface area contributed by atoms with Crippen molar-refractivity contribution < 1.29 is 9.50 Å². The summed E-state index contributed by atoms with van der Waals surface area (Å²) in [6.45, 7) is 5.41. The van der Waals surface area contributed by atoms with Crippen molar-refractivity contribution in [2.75, 3.05) is 32.7 Å². The van der Waals surface area contributed by atoms with Gasteiger partial charge in [0.25, 0.3) is 0 Å². The molecule has 0 saturated carbocycles. The van der Waals surface area contributed by atoms with Gasteiger partial charge in [-0.15, -0.1) is 0 Å². The number of rotatable bonds is 5. The molecule has 0 radical (unpaired) electrons. The lowest BCUT2D eigenvalue weighted by atomic mass is 10.1. The predicted octanol–water partition coefficient (Wildman–Crippen LogP) is 3.72. The van der Waals surface area contributed by atoms with Crippen LogP contribution in [0.4, 0.5) is 4.39 Å². The van der Waals surface area contributed by atoms with Gasteiger partial charge in [0.2, 0.25) is 0 Å². The molecule has 25 heavy (non-hydrogen) atoms. The van der Waals surface area contributed by atoms with E-state index in [1.54, 1.807) is 12.1 Å².